The molecule has 19 heavy (non-hydrogen) atoms. The van der Waals surface area contributed by atoms with Crippen molar-refractivity contribution < 1.29 is 9.72 Å². The second-order valence-electron chi connectivity index (χ2n) is 4.75. The van der Waals surface area contributed by atoms with E-state index in [4.69, 9.17) is 0 Å². The molecule has 6 nitrogen and oxygen atoms in total. The van der Waals surface area contributed by atoms with E-state index in [1.165, 1.54) is 6.07 Å². The highest BCUT2D eigenvalue weighted by Crippen LogP contribution is 2.25. The number of para-hydroxylation sites is 1. The molecule has 102 valence electrons. The maximum Gasteiger partial charge on any atom is 0.285 e. The SMILES string of the molecule is CNC1CCN(C(=O)c2cccc(C)c2[N+](=O)[O-])C1. The fourth-order valence-electron chi connectivity index (χ4n) is 2.42. The molecule has 1 amide bonds. The van der Waals surface area contributed by atoms with Gasteiger partial charge >= 0.3 is 0 Å². The van der Waals surface area contributed by atoms with Gasteiger partial charge in [0.2, 0.25) is 0 Å². The number of rotatable bonds is 3. The monoisotopic (exact) mass is 263 g/mol. The number of amides is 1. The first kappa shape index (κ1) is 13.5. The summed E-state index contributed by atoms with van der Waals surface area (Å²) in [4.78, 5) is 24.7. The molecule has 0 spiro atoms. The predicted octanol–water partition coefficient (Wildman–Crippen LogP) is 1.34. The molecule has 0 aliphatic carbocycles. The van der Waals surface area contributed by atoms with Crippen molar-refractivity contribution in [1.82, 2.24) is 10.2 Å². The number of likely N-dealkylation sites (tertiary alicyclic amines) is 1. The number of nitro benzene ring substituents is 1. The molecule has 1 atom stereocenters. The van der Waals surface area contributed by atoms with Crippen LogP contribution in [0.1, 0.15) is 22.3 Å². The van der Waals surface area contributed by atoms with E-state index < -0.39 is 4.92 Å². The molecule has 1 saturated heterocycles. The van der Waals surface area contributed by atoms with Gasteiger partial charge in [-0.2, -0.15) is 0 Å². The van der Waals surface area contributed by atoms with Crippen LogP contribution >= 0.6 is 0 Å². The van der Waals surface area contributed by atoms with Crippen molar-refractivity contribution in [3.63, 3.8) is 0 Å². The van der Waals surface area contributed by atoms with Crippen molar-refractivity contribution in [2.75, 3.05) is 20.1 Å². The van der Waals surface area contributed by atoms with Crippen LogP contribution < -0.4 is 5.32 Å². The van der Waals surface area contributed by atoms with Crippen LogP contribution in [0.15, 0.2) is 18.2 Å². The Bertz CT molecular complexity index is 516. The number of carbonyl (C=O) groups excluding carboxylic acids is 1. The normalized spacial score (nSPS) is 18.6. The van der Waals surface area contributed by atoms with Crippen molar-refractivity contribution in [2.24, 2.45) is 0 Å². The van der Waals surface area contributed by atoms with Gasteiger partial charge in [-0.25, -0.2) is 0 Å². The van der Waals surface area contributed by atoms with Gasteiger partial charge in [-0.15, -0.1) is 0 Å². The average molecular weight is 263 g/mol. The summed E-state index contributed by atoms with van der Waals surface area (Å²) in [5, 5.41) is 14.2. The lowest BCUT2D eigenvalue weighted by molar-refractivity contribution is -0.385. The Kier molecular flexibility index (Phi) is 3.80. The Morgan fingerprint density at radius 2 is 2.26 bits per heavy atom. The highest BCUT2D eigenvalue weighted by molar-refractivity contribution is 5.98. The van der Waals surface area contributed by atoms with E-state index in [1.807, 2.05) is 7.05 Å². The summed E-state index contributed by atoms with van der Waals surface area (Å²) in [6, 6.07) is 5.13. The van der Waals surface area contributed by atoms with Crippen LogP contribution in [-0.2, 0) is 0 Å². The van der Waals surface area contributed by atoms with Gasteiger partial charge in [0.1, 0.15) is 5.56 Å². The van der Waals surface area contributed by atoms with E-state index in [9.17, 15) is 14.9 Å². The van der Waals surface area contributed by atoms with Gasteiger partial charge in [0.15, 0.2) is 0 Å². The first-order chi connectivity index (χ1) is 9.04. The van der Waals surface area contributed by atoms with E-state index in [2.05, 4.69) is 5.32 Å². The lowest BCUT2D eigenvalue weighted by atomic mass is 10.1. The zero-order valence-electron chi connectivity index (χ0n) is 11.0. The van der Waals surface area contributed by atoms with Crippen LogP contribution in [0.3, 0.4) is 0 Å². The Labute approximate surface area is 111 Å². The Hall–Kier alpha value is -1.95. The third-order valence-corrected chi connectivity index (χ3v) is 3.53. The molecule has 0 radical (unpaired) electrons. The zero-order valence-corrected chi connectivity index (χ0v) is 11.0. The number of benzene rings is 1. The number of nitrogens with one attached hydrogen (secondary N) is 1. The summed E-state index contributed by atoms with van der Waals surface area (Å²) in [7, 11) is 1.85. The van der Waals surface area contributed by atoms with Gasteiger partial charge in [0.05, 0.1) is 4.92 Å². The molecular formula is C13H17N3O3. The molecule has 1 heterocycles. The summed E-state index contributed by atoms with van der Waals surface area (Å²) in [6.45, 7) is 2.88. The molecule has 0 aromatic heterocycles. The number of nitro groups is 1. The molecular weight excluding hydrogens is 246 g/mol. The molecule has 6 heteroatoms. The van der Waals surface area contributed by atoms with Crippen molar-refractivity contribution >= 4 is 11.6 Å². The lowest BCUT2D eigenvalue weighted by Gasteiger charge is -2.16. The largest absolute Gasteiger partial charge is 0.337 e. The molecule has 1 aliphatic rings. The fourth-order valence-corrected chi connectivity index (χ4v) is 2.42. The number of nitrogens with zero attached hydrogens (tertiary/aromatic N) is 2. The summed E-state index contributed by atoms with van der Waals surface area (Å²) in [5.41, 5.74) is 0.613. The van der Waals surface area contributed by atoms with Gasteiger partial charge in [0.25, 0.3) is 11.6 Å². The van der Waals surface area contributed by atoms with Crippen LogP contribution in [0.2, 0.25) is 0 Å². The minimum absolute atomic E-state index is 0.0830. The number of carbonyl (C=O) groups is 1. The van der Waals surface area contributed by atoms with E-state index >= 15 is 0 Å². The highest BCUT2D eigenvalue weighted by atomic mass is 16.6. The van der Waals surface area contributed by atoms with E-state index in [0.717, 1.165) is 6.42 Å². The number of hydrogen-bond acceptors (Lipinski definition) is 4. The van der Waals surface area contributed by atoms with Crippen molar-refractivity contribution in [2.45, 2.75) is 19.4 Å². The van der Waals surface area contributed by atoms with Gasteiger partial charge in [-0.3, -0.25) is 14.9 Å². The summed E-state index contributed by atoms with van der Waals surface area (Å²) >= 11 is 0. The summed E-state index contributed by atoms with van der Waals surface area (Å²) < 4.78 is 0. The van der Waals surface area contributed by atoms with Crippen molar-refractivity contribution in [1.29, 1.82) is 0 Å². The maximum atomic E-state index is 12.4. The quantitative estimate of drug-likeness (QED) is 0.659. The molecule has 2 rings (SSSR count). The molecule has 1 aromatic rings. The van der Waals surface area contributed by atoms with Gasteiger partial charge in [-0.1, -0.05) is 12.1 Å². The van der Waals surface area contributed by atoms with Crippen LogP contribution in [0.25, 0.3) is 0 Å². The van der Waals surface area contributed by atoms with E-state index in [1.54, 1.807) is 24.0 Å². The van der Waals surface area contributed by atoms with Gasteiger partial charge in [0, 0.05) is 24.7 Å². The Morgan fingerprint density at radius 3 is 2.84 bits per heavy atom. The van der Waals surface area contributed by atoms with Crippen molar-refractivity contribution in [3.05, 3.63) is 39.4 Å². The average Bonchev–Trinajstić information content (AvgIpc) is 2.85. The lowest BCUT2D eigenvalue weighted by Crippen LogP contribution is -2.33. The molecule has 1 unspecified atom stereocenters. The molecule has 0 saturated carbocycles. The van der Waals surface area contributed by atoms with Crippen LogP contribution in [0, 0.1) is 17.0 Å². The number of aryl methyl sites for hydroxylation is 1. The molecule has 0 bridgehead atoms. The smallest absolute Gasteiger partial charge is 0.285 e. The van der Waals surface area contributed by atoms with Crippen LogP contribution in [-0.4, -0.2) is 41.9 Å². The second kappa shape index (κ2) is 5.36. The Morgan fingerprint density at radius 1 is 1.53 bits per heavy atom. The first-order valence-corrected chi connectivity index (χ1v) is 6.25. The highest BCUT2D eigenvalue weighted by Gasteiger charge is 2.30. The van der Waals surface area contributed by atoms with E-state index in [-0.39, 0.29) is 23.2 Å². The summed E-state index contributed by atoms with van der Waals surface area (Å²) in [5.74, 6) is -0.256. The maximum absolute atomic E-state index is 12.4. The van der Waals surface area contributed by atoms with Crippen molar-refractivity contribution in [3.8, 4) is 0 Å². The molecule has 1 aromatic carbocycles. The minimum Gasteiger partial charge on any atom is -0.337 e. The standard InChI is InChI=1S/C13H17N3O3/c1-9-4-3-5-11(12(9)16(18)19)13(17)15-7-6-10(8-15)14-2/h3-5,10,14H,6-8H2,1-2H3. The fraction of sp³-hybridized carbons (Fsp3) is 0.462. The number of hydrogen-bond donors (Lipinski definition) is 1. The molecule has 1 N–H and O–H groups in total. The zero-order chi connectivity index (χ0) is 14.0. The van der Waals surface area contributed by atoms with Crippen LogP contribution in [0.4, 0.5) is 5.69 Å². The summed E-state index contributed by atoms with van der Waals surface area (Å²) in [6.07, 6.45) is 0.877. The molecule has 1 aliphatic heterocycles. The predicted molar refractivity (Wildman–Crippen MR) is 71.2 cm³/mol. The second-order valence-corrected chi connectivity index (χ2v) is 4.75. The topological polar surface area (TPSA) is 75.5 Å². The first-order valence-electron chi connectivity index (χ1n) is 6.25. The molecule has 1 fully saturated rings. The third-order valence-electron chi connectivity index (χ3n) is 3.53. The van der Waals surface area contributed by atoms with Crippen LogP contribution in [0.5, 0.6) is 0 Å². The van der Waals surface area contributed by atoms with Gasteiger partial charge in [-0.05, 0) is 26.5 Å². The minimum atomic E-state index is -0.478. The van der Waals surface area contributed by atoms with E-state index in [0.29, 0.717) is 18.7 Å². The number of likely N-dealkylation sites (N-methyl/N-ethyl adjacent to an activating group) is 1. The Balaban J connectivity index is 2.30. The van der Waals surface area contributed by atoms with Gasteiger partial charge < -0.3 is 10.2 Å². The third kappa shape index (κ3) is 2.58.